The monoisotopic (exact) mass is 425 g/mol. The van der Waals surface area contributed by atoms with Gasteiger partial charge >= 0.3 is 0 Å². The van der Waals surface area contributed by atoms with E-state index in [2.05, 4.69) is 11.9 Å². The molecule has 2 N–H and O–H groups in total. The van der Waals surface area contributed by atoms with Gasteiger partial charge in [-0.15, -0.1) is 24.8 Å². The van der Waals surface area contributed by atoms with Crippen LogP contribution in [0.25, 0.3) is 0 Å². The average Bonchev–Trinajstić information content (AvgIpc) is 2.67. The first-order chi connectivity index (χ1) is 12.5. The van der Waals surface area contributed by atoms with Crippen LogP contribution in [0.5, 0.6) is 5.75 Å². The van der Waals surface area contributed by atoms with Crippen LogP contribution in [-0.4, -0.2) is 34.9 Å². The lowest BCUT2D eigenvalue weighted by molar-refractivity contribution is 0.0681. The number of aromatic nitrogens is 1. The number of carbonyl (C=O) groups excluding carboxylic acids is 1. The van der Waals surface area contributed by atoms with Gasteiger partial charge in [-0.05, 0) is 62.4 Å². The normalized spacial score (nSPS) is 15.2. The molecule has 0 spiro atoms. The van der Waals surface area contributed by atoms with E-state index in [1.54, 1.807) is 6.20 Å². The maximum absolute atomic E-state index is 12.8. The highest BCUT2D eigenvalue weighted by Gasteiger charge is 2.25. The second-order valence-corrected chi connectivity index (χ2v) is 7.11. The molecule has 2 aromatic rings. The number of rotatable bonds is 5. The summed E-state index contributed by atoms with van der Waals surface area (Å²) in [7, 11) is 0. The Labute approximate surface area is 179 Å². The summed E-state index contributed by atoms with van der Waals surface area (Å²) in [6.45, 7) is 5.96. The third kappa shape index (κ3) is 6.36. The van der Waals surface area contributed by atoms with Crippen molar-refractivity contribution >= 4 is 30.7 Å². The molecule has 0 bridgehead atoms. The lowest BCUT2D eigenvalue weighted by Gasteiger charge is -2.33. The Morgan fingerprint density at radius 3 is 2.57 bits per heavy atom. The highest BCUT2D eigenvalue weighted by Crippen LogP contribution is 2.21. The van der Waals surface area contributed by atoms with Crippen LogP contribution in [0.1, 0.15) is 41.4 Å². The van der Waals surface area contributed by atoms with E-state index in [4.69, 9.17) is 10.5 Å². The molecule has 2 heterocycles. The van der Waals surface area contributed by atoms with Gasteiger partial charge in [0.05, 0.1) is 6.20 Å². The zero-order chi connectivity index (χ0) is 18.5. The first-order valence-corrected chi connectivity index (χ1v) is 9.22. The fraction of sp³-hybridized carbons (Fsp3) is 0.429. The van der Waals surface area contributed by atoms with Gasteiger partial charge in [-0.25, -0.2) is 0 Å². The quantitative estimate of drug-likeness (QED) is 0.785. The summed E-state index contributed by atoms with van der Waals surface area (Å²) < 4.78 is 5.77. The van der Waals surface area contributed by atoms with E-state index < -0.39 is 0 Å². The number of amides is 1. The van der Waals surface area contributed by atoms with Crippen molar-refractivity contribution in [1.82, 2.24) is 9.88 Å². The van der Waals surface area contributed by atoms with Gasteiger partial charge in [-0.2, -0.15) is 0 Å². The molecule has 7 heteroatoms. The van der Waals surface area contributed by atoms with E-state index in [1.807, 2.05) is 48.2 Å². The van der Waals surface area contributed by atoms with Gasteiger partial charge in [-0.1, -0.05) is 12.1 Å². The molecule has 1 aromatic heterocycles. The SMILES string of the molecule is Cc1ccc(OCc2cccc(C(=O)N3CCC(C(C)N)CC3)c2)cn1.Cl.Cl. The van der Waals surface area contributed by atoms with E-state index in [-0.39, 0.29) is 36.8 Å². The van der Waals surface area contributed by atoms with E-state index >= 15 is 0 Å². The van der Waals surface area contributed by atoms with Crippen molar-refractivity contribution in [3.05, 3.63) is 59.4 Å². The Kier molecular flexibility index (Phi) is 9.73. The molecule has 1 aliphatic heterocycles. The number of ether oxygens (including phenoxy) is 1. The molecule has 1 aliphatic rings. The molecule has 1 amide bonds. The van der Waals surface area contributed by atoms with Crippen LogP contribution in [0.2, 0.25) is 0 Å². The zero-order valence-corrected chi connectivity index (χ0v) is 18.0. The molecule has 154 valence electrons. The van der Waals surface area contributed by atoms with Crippen molar-refractivity contribution in [3.63, 3.8) is 0 Å². The Hall–Kier alpha value is -1.82. The summed E-state index contributed by atoms with van der Waals surface area (Å²) in [6, 6.07) is 11.7. The molecular weight excluding hydrogens is 397 g/mol. The van der Waals surface area contributed by atoms with Crippen molar-refractivity contribution in [1.29, 1.82) is 0 Å². The summed E-state index contributed by atoms with van der Waals surface area (Å²) in [5, 5.41) is 0. The molecule has 28 heavy (non-hydrogen) atoms. The molecule has 0 aliphatic carbocycles. The van der Waals surface area contributed by atoms with Gasteiger partial charge in [0.25, 0.3) is 5.91 Å². The number of nitrogens with zero attached hydrogens (tertiary/aromatic N) is 2. The largest absolute Gasteiger partial charge is 0.487 e. The highest BCUT2D eigenvalue weighted by molar-refractivity contribution is 5.94. The Bertz CT molecular complexity index is 746. The van der Waals surface area contributed by atoms with Gasteiger partial charge < -0.3 is 15.4 Å². The Morgan fingerprint density at radius 2 is 1.96 bits per heavy atom. The number of pyridine rings is 1. The van der Waals surface area contributed by atoms with Crippen molar-refractivity contribution < 1.29 is 9.53 Å². The lowest BCUT2D eigenvalue weighted by atomic mass is 9.90. The van der Waals surface area contributed by atoms with Gasteiger partial charge in [-0.3, -0.25) is 9.78 Å². The number of nitrogens with two attached hydrogens (primary N) is 1. The van der Waals surface area contributed by atoms with Crippen LogP contribution in [0.15, 0.2) is 42.6 Å². The fourth-order valence-electron chi connectivity index (χ4n) is 3.31. The fourth-order valence-corrected chi connectivity index (χ4v) is 3.31. The van der Waals surface area contributed by atoms with Crippen molar-refractivity contribution in [2.24, 2.45) is 11.7 Å². The Morgan fingerprint density at radius 1 is 1.25 bits per heavy atom. The number of hydrogen-bond donors (Lipinski definition) is 1. The van der Waals surface area contributed by atoms with E-state index in [1.165, 1.54) is 0 Å². The molecule has 1 fully saturated rings. The van der Waals surface area contributed by atoms with E-state index in [9.17, 15) is 4.79 Å². The number of hydrogen-bond acceptors (Lipinski definition) is 4. The number of benzene rings is 1. The first kappa shape index (κ1) is 24.2. The van der Waals surface area contributed by atoms with Gasteiger partial charge in [0, 0.05) is 30.4 Å². The van der Waals surface area contributed by atoms with Gasteiger partial charge in [0.15, 0.2) is 0 Å². The van der Waals surface area contributed by atoms with E-state index in [0.29, 0.717) is 18.1 Å². The highest BCUT2D eigenvalue weighted by atomic mass is 35.5. The summed E-state index contributed by atoms with van der Waals surface area (Å²) in [5.74, 6) is 1.33. The zero-order valence-electron chi connectivity index (χ0n) is 16.3. The standard InChI is InChI=1S/C21H27N3O2.2ClH/c1-15-6-7-20(13-23-15)26-14-17-4-3-5-19(12-17)21(25)24-10-8-18(9-11-24)16(2)22;;/h3-7,12-13,16,18H,8-11,14,22H2,1-2H3;2*1H. The molecule has 5 nitrogen and oxygen atoms in total. The maximum Gasteiger partial charge on any atom is 0.253 e. The van der Waals surface area contributed by atoms with Crippen molar-refractivity contribution in [3.8, 4) is 5.75 Å². The Balaban J connectivity index is 0.00000196. The third-order valence-electron chi connectivity index (χ3n) is 5.03. The van der Waals surface area contributed by atoms with E-state index in [0.717, 1.165) is 42.9 Å². The molecule has 1 unspecified atom stereocenters. The van der Waals surface area contributed by atoms with Crippen LogP contribution >= 0.6 is 24.8 Å². The van der Waals surface area contributed by atoms with Gasteiger partial charge in [0.2, 0.25) is 0 Å². The average molecular weight is 426 g/mol. The van der Waals surface area contributed by atoms with Crippen LogP contribution in [-0.2, 0) is 6.61 Å². The number of likely N-dealkylation sites (tertiary alicyclic amines) is 1. The topological polar surface area (TPSA) is 68.5 Å². The van der Waals surface area contributed by atoms with Crippen LogP contribution < -0.4 is 10.5 Å². The smallest absolute Gasteiger partial charge is 0.253 e. The minimum Gasteiger partial charge on any atom is -0.487 e. The minimum absolute atomic E-state index is 0. The first-order valence-electron chi connectivity index (χ1n) is 9.22. The second kappa shape index (κ2) is 11.2. The summed E-state index contributed by atoms with van der Waals surface area (Å²) >= 11 is 0. The van der Waals surface area contributed by atoms with Crippen LogP contribution in [0, 0.1) is 12.8 Å². The predicted octanol–water partition coefficient (Wildman–Crippen LogP) is 4.01. The lowest BCUT2D eigenvalue weighted by Crippen LogP contribution is -2.42. The molecule has 1 aromatic carbocycles. The maximum atomic E-state index is 12.8. The summed E-state index contributed by atoms with van der Waals surface area (Å²) in [6.07, 6.45) is 3.67. The summed E-state index contributed by atoms with van der Waals surface area (Å²) in [4.78, 5) is 18.9. The molecule has 3 rings (SSSR count). The minimum atomic E-state index is 0. The molecule has 0 radical (unpaired) electrons. The third-order valence-corrected chi connectivity index (χ3v) is 5.03. The van der Waals surface area contributed by atoms with Gasteiger partial charge in [0.1, 0.15) is 12.4 Å². The molecule has 0 saturated carbocycles. The predicted molar refractivity (Wildman–Crippen MR) is 117 cm³/mol. The van der Waals surface area contributed by atoms with Crippen molar-refractivity contribution in [2.45, 2.75) is 39.3 Å². The van der Waals surface area contributed by atoms with Crippen molar-refractivity contribution in [2.75, 3.05) is 13.1 Å². The number of aryl methyl sites for hydroxylation is 1. The number of halogens is 2. The van der Waals surface area contributed by atoms with Crippen LogP contribution in [0.3, 0.4) is 0 Å². The molecule has 1 atom stereocenters. The number of carbonyl (C=O) groups is 1. The second-order valence-electron chi connectivity index (χ2n) is 7.11. The molecular formula is C21H29Cl2N3O2. The van der Waals surface area contributed by atoms with Crippen LogP contribution in [0.4, 0.5) is 0 Å². The number of piperidine rings is 1. The summed E-state index contributed by atoms with van der Waals surface area (Å²) in [5.41, 5.74) is 8.63. The molecule has 1 saturated heterocycles.